The summed E-state index contributed by atoms with van der Waals surface area (Å²) in [5.74, 6) is 0. The van der Waals surface area contributed by atoms with Crippen LogP contribution in [-0.4, -0.2) is 30.1 Å². The molecule has 0 aromatic carbocycles. The van der Waals surface area contributed by atoms with Crippen molar-refractivity contribution < 1.29 is 0 Å². The van der Waals surface area contributed by atoms with E-state index in [0.717, 1.165) is 18.6 Å². The molecule has 0 amide bonds. The van der Waals surface area contributed by atoms with Crippen molar-refractivity contribution >= 4 is 0 Å². The number of piperidine rings is 1. The Hall–Kier alpha value is -0.0800. The summed E-state index contributed by atoms with van der Waals surface area (Å²) in [6, 6.07) is 1.69. The van der Waals surface area contributed by atoms with Crippen molar-refractivity contribution in [1.82, 2.24) is 4.90 Å². The Labute approximate surface area is 107 Å². The highest BCUT2D eigenvalue weighted by molar-refractivity contribution is 4.83. The summed E-state index contributed by atoms with van der Waals surface area (Å²) >= 11 is 0. The van der Waals surface area contributed by atoms with Crippen molar-refractivity contribution in [2.75, 3.05) is 13.1 Å². The van der Waals surface area contributed by atoms with E-state index in [-0.39, 0.29) is 0 Å². The van der Waals surface area contributed by atoms with E-state index in [0.29, 0.717) is 0 Å². The summed E-state index contributed by atoms with van der Waals surface area (Å²) in [4.78, 5) is 2.84. The Morgan fingerprint density at radius 2 is 1.47 bits per heavy atom. The van der Waals surface area contributed by atoms with Gasteiger partial charge in [0.25, 0.3) is 0 Å². The fourth-order valence-electron chi connectivity index (χ4n) is 3.77. The molecule has 0 radical (unpaired) electrons. The predicted octanol–water partition coefficient (Wildman–Crippen LogP) is 3.30. The summed E-state index contributed by atoms with van der Waals surface area (Å²) in [7, 11) is 0. The first-order chi connectivity index (χ1) is 8.42. The van der Waals surface area contributed by atoms with E-state index in [1.807, 2.05) is 0 Å². The fourth-order valence-corrected chi connectivity index (χ4v) is 3.77. The van der Waals surface area contributed by atoms with Crippen LogP contribution in [0.3, 0.4) is 0 Å². The third kappa shape index (κ3) is 3.96. The Balaban J connectivity index is 1.90. The topological polar surface area (TPSA) is 29.3 Å². The molecule has 2 rings (SSSR count). The van der Waals surface area contributed by atoms with Crippen molar-refractivity contribution in [3.63, 3.8) is 0 Å². The monoisotopic (exact) mass is 238 g/mol. The highest BCUT2D eigenvalue weighted by Crippen LogP contribution is 2.28. The van der Waals surface area contributed by atoms with Crippen LogP contribution in [0.25, 0.3) is 0 Å². The van der Waals surface area contributed by atoms with Crippen LogP contribution in [0.2, 0.25) is 0 Å². The lowest BCUT2D eigenvalue weighted by Crippen LogP contribution is -2.47. The minimum atomic E-state index is 0.804. The van der Waals surface area contributed by atoms with Gasteiger partial charge in [-0.15, -0.1) is 0 Å². The van der Waals surface area contributed by atoms with Crippen molar-refractivity contribution in [3.8, 4) is 0 Å². The van der Waals surface area contributed by atoms with Gasteiger partial charge in [0, 0.05) is 12.1 Å². The molecule has 0 aromatic heterocycles. The molecule has 17 heavy (non-hydrogen) atoms. The molecule has 1 aliphatic heterocycles. The summed E-state index contributed by atoms with van der Waals surface area (Å²) in [5, 5.41) is 0. The van der Waals surface area contributed by atoms with Gasteiger partial charge in [-0.05, 0) is 45.2 Å². The Morgan fingerprint density at radius 1 is 0.824 bits per heavy atom. The maximum Gasteiger partial charge on any atom is 0.0110 e. The van der Waals surface area contributed by atoms with Gasteiger partial charge in [-0.2, -0.15) is 0 Å². The summed E-state index contributed by atoms with van der Waals surface area (Å²) in [5.41, 5.74) is 5.78. The van der Waals surface area contributed by atoms with E-state index in [9.17, 15) is 0 Å². The van der Waals surface area contributed by atoms with Crippen LogP contribution in [0.4, 0.5) is 0 Å². The van der Waals surface area contributed by atoms with Crippen molar-refractivity contribution in [2.24, 2.45) is 5.73 Å². The van der Waals surface area contributed by atoms with Crippen LogP contribution in [0.15, 0.2) is 0 Å². The van der Waals surface area contributed by atoms with Crippen LogP contribution in [0.5, 0.6) is 0 Å². The van der Waals surface area contributed by atoms with Crippen LogP contribution in [0, 0.1) is 0 Å². The molecule has 2 N–H and O–H groups in total. The molecular formula is C15H30N2. The zero-order valence-corrected chi connectivity index (χ0v) is 11.4. The molecule has 100 valence electrons. The van der Waals surface area contributed by atoms with E-state index < -0.39 is 0 Å². The summed E-state index contributed by atoms with van der Waals surface area (Å²) in [6.45, 7) is 2.21. The largest absolute Gasteiger partial charge is 0.330 e. The number of nitrogens with zero attached hydrogens (tertiary/aromatic N) is 1. The zero-order valence-electron chi connectivity index (χ0n) is 11.4. The number of rotatable bonds is 3. The summed E-state index contributed by atoms with van der Waals surface area (Å²) < 4.78 is 0. The molecular weight excluding hydrogens is 208 g/mol. The van der Waals surface area contributed by atoms with Gasteiger partial charge in [-0.3, -0.25) is 4.90 Å². The van der Waals surface area contributed by atoms with Crippen LogP contribution < -0.4 is 5.73 Å². The van der Waals surface area contributed by atoms with Gasteiger partial charge < -0.3 is 5.73 Å². The molecule has 2 aliphatic rings. The molecule has 0 spiro atoms. The maximum absolute atomic E-state index is 5.78. The minimum Gasteiger partial charge on any atom is -0.330 e. The molecule has 0 aromatic rings. The van der Waals surface area contributed by atoms with E-state index in [2.05, 4.69) is 4.90 Å². The van der Waals surface area contributed by atoms with E-state index >= 15 is 0 Å². The fraction of sp³-hybridized carbons (Fsp3) is 1.00. The normalized spacial score (nSPS) is 29.8. The average Bonchev–Trinajstić information content (AvgIpc) is 2.30. The lowest BCUT2D eigenvalue weighted by molar-refractivity contribution is 0.0748. The van der Waals surface area contributed by atoms with Crippen LogP contribution >= 0.6 is 0 Å². The van der Waals surface area contributed by atoms with Gasteiger partial charge in [-0.25, -0.2) is 0 Å². The van der Waals surface area contributed by atoms with Crippen LogP contribution in [-0.2, 0) is 0 Å². The standard InChI is InChI=1S/C15H30N2/c16-12-11-15-10-6-7-13-17(15)14-8-4-2-1-3-5-9-14/h14-15H,1-13,16H2. The second-order valence-electron chi connectivity index (χ2n) is 5.96. The van der Waals surface area contributed by atoms with Crippen molar-refractivity contribution in [1.29, 1.82) is 0 Å². The first kappa shape index (κ1) is 13.4. The second-order valence-corrected chi connectivity index (χ2v) is 5.96. The summed E-state index contributed by atoms with van der Waals surface area (Å²) in [6.07, 6.45) is 15.7. The van der Waals surface area contributed by atoms with Gasteiger partial charge in [0.2, 0.25) is 0 Å². The molecule has 1 saturated carbocycles. The molecule has 1 saturated heterocycles. The van der Waals surface area contributed by atoms with Gasteiger partial charge in [0.15, 0.2) is 0 Å². The lowest BCUT2D eigenvalue weighted by Gasteiger charge is -2.42. The number of nitrogens with two attached hydrogens (primary N) is 1. The van der Waals surface area contributed by atoms with E-state index in [1.54, 1.807) is 0 Å². The first-order valence-electron chi connectivity index (χ1n) is 7.87. The van der Waals surface area contributed by atoms with Gasteiger partial charge in [0.05, 0.1) is 0 Å². The minimum absolute atomic E-state index is 0.804. The Kier molecular flexibility index (Phi) is 5.79. The SMILES string of the molecule is NCCC1CCCCN1C1CCCCCCC1. The van der Waals surface area contributed by atoms with E-state index in [4.69, 9.17) is 5.73 Å². The van der Waals surface area contributed by atoms with Gasteiger partial charge >= 0.3 is 0 Å². The zero-order chi connectivity index (χ0) is 11.9. The third-order valence-corrected chi connectivity index (χ3v) is 4.72. The highest BCUT2D eigenvalue weighted by Gasteiger charge is 2.28. The third-order valence-electron chi connectivity index (χ3n) is 4.72. The molecule has 0 bridgehead atoms. The molecule has 1 atom stereocenters. The molecule has 2 fully saturated rings. The molecule has 1 aliphatic carbocycles. The molecule has 1 unspecified atom stereocenters. The van der Waals surface area contributed by atoms with Crippen molar-refractivity contribution in [2.45, 2.75) is 82.7 Å². The highest BCUT2D eigenvalue weighted by atomic mass is 15.2. The van der Waals surface area contributed by atoms with Gasteiger partial charge in [0.1, 0.15) is 0 Å². The lowest BCUT2D eigenvalue weighted by atomic mass is 9.90. The Bertz CT molecular complexity index is 195. The Morgan fingerprint density at radius 3 is 2.18 bits per heavy atom. The number of hydrogen-bond donors (Lipinski definition) is 1. The smallest absolute Gasteiger partial charge is 0.0110 e. The van der Waals surface area contributed by atoms with Gasteiger partial charge in [-0.1, -0.05) is 38.5 Å². The quantitative estimate of drug-likeness (QED) is 0.817. The number of likely N-dealkylation sites (tertiary alicyclic amines) is 1. The number of hydrogen-bond acceptors (Lipinski definition) is 2. The van der Waals surface area contributed by atoms with E-state index in [1.165, 1.54) is 77.2 Å². The van der Waals surface area contributed by atoms with Crippen LogP contribution in [0.1, 0.15) is 70.6 Å². The molecule has 2 heteroatoms. The first-order valence-corrected chi connectivity index (χ1v) is 7.87. The average molecular weight is 238 g/mol. The molecule has 1 heterocycles. The second kappa shape index (κ2) is 7.38. The van der Waals surface area contributed by atoms with Crippen molar-refractivity contribution in [3.05, 3.63) is 0 Å². The maximum atomic E-state index is 5.78. The molecule has 2 nitrogen and oxygen atoms in total. The predicted molar refractivity (Wildman–Crippen MR) is 74.1 cm³/mol.